The molecule has 0 atom stereocenters. The topological polar surface area (TPSA) is 69.3 Å². The van der Waals surface area contributed by atoms with Gasteiger partial charge in [0.25, 0.3) is 5.56 Å². The third-order valence-corrected chi connectivity index (χ3v) is 2.62. The monoisotopic (exact) mass is 263 g/mol. The number of hydrogen-bond donors (Lipinski definition) is 1. The summed E-state index contributed by atoms with van der Waals surface area (Å²) >= 11 is 0. The van der Waals surface area contributed by atoms with E-state index in [1.807, 2.05) is 19.1 Å². The molecule has 0 fully saturated rings. The lowest BCUT2D eigenvalue weighted by Crippen LogP contribution is -2.22. The third kappa shape index (κ3) is 3.45. The average Bonchev–Trinajstić information content (AvgIpc) is 2.86. The Morgan fingerprint density at radius 2 is 2.11 bits per heavy atom. The van der Waals surface area contributed by atoms with Crippen molar-refractivity contribution in [1.29, 1.82) is 0 Å². The van der Waals surface area contributed by atoms with E-state index in [-0.39, 0.29) is 5.56 Å². The number of ether oxygens (including phenoxy) is 1. The van der Waals surface area contributed by atoms with Crippen LogP contribution < -0.4 is 15.6 Å². The summed E-state index contributed by atoms with van der Waals surface area (Å²) in [5, 5.41) is 7.24. The van der Waals surface area contributed by atoms with Crippen molar-refractivity contribution in [2.45, 2.75) is 20.0 Å². The fraction of sp³-hybridized carbons (Fsp3) is 0.385. The first-order chi connectivity index (χ1) is 9.22. The van der Waals surface area contributed by atoms with E-state index in [0.29, 0.717) is 24.7 Å². The van der Waals surface area contributed by atoms with Crippen LogP contribution in [0.3, 0.4) is 0 Å². The van der Waals surface area contributed by atoms with Gasteiger partial charge in [0.05, 0.1) is 13.7 Å². The van der Waals surface area contributed by atoms with E-state index in [1.54, 1.807) is 0 Å². The van der Waals surface area contributed by atoms with Crippen LogP contribution in [0.4, 0.5) is 0 Å². The van der Waals surface area contributed by atoms with Gasteiger partial charge in [0.15, 0.2) is 0 Å². The second kappa shape index (κ2) is 6.19. The molecule has 0 saturated carbocycles. The Morgan fingerprint density at radius 1 is 1.32 bits per heavy atom. The van der Waals surface area contributed by atoms with Crippen molar-refractivity contribution in [1.82, 2.24) is 15.1 Å². The van der Waals surface area contributed by atoms with Crippen molar-refractivity contribution in [2.75, 3.05) is 13.7 Å². The van der Waals surface area contributed by atoms with Crippen LogP contribution >= 0.6 is 0 Å². The van der Waals surface area contributed by atoms with Crippen LogP contribution in [0.1, 0.15) is 18.4 Å². The summed E-state index contributed by atoms with van der Waals surface area (Å²) in [7, 11) is 1.51. The SMILES string of the molecule is CCNCc1ccc(Cn2nc(OC)ccc2=O)o1. The van der Waals surface area contributed by atoms with Gasteiger partial charge in [-0.15, -0.1) is 5.10 Å². The van der Waals surface area contributed by atoms with Crippen molar-refractivity contribution in [2.24, 2.45) is 0 Å². The predicted octanol–water partition coefficient (Wildman–Crippen LogP) is 1.00. The second-order valence-corrected chi connectivity index (χ2v) is 4.02. The number of aromatic nitrogens is 2. The van der Waals surface area contributed by atoms with Crippen molar-refractivity contribution in [3.05, 3.63) is 46.1 Å². The van der Waals surface area contributed by atoms with Crippen LogP contribution in [0.15, 0.2) is 33.5 Å². The summed E-state index contributed by atoms with van der Waals surface area (Å²) in [5.74, 6) is 1.93. The van der Waals surface area contributed by atoms with Crippen molar-refractivity contribution < 1.29 is 9.15 Å². The lowest BCUT2D eigenvalue weighted by molar-refractivity contribution is 0.370. The second-order valence-electron chi connectivity index (χ2n) is 4.02. The molecule has 2 heterocycles. The van der Waals surface area contributed by atoms with Gasteiger partial charge in [-0.3, -0.25) is 4.79 Å². The van der Waals surface area contributed by atoms with E-state index < -0.39 is 0 Å². The van der Waals surface area contributed by atoms with Crippen molar-refractivity contribution in [3.8, 4) is 5.88 Å². The highest BCUT2D eigenvalue weighted by Crippen LogP contribution is 2.09. The zero-order valence-electron chi connectivity index (χ0n) is 11.0. The Labute approximate surface area is 111 Å². The fourth-order valence-corrected chi connectivity index (χ4v) is 1.65. The van der Waals surface area contributed by atoms with Gasteiger partial charge in [-0.05, 0) is 18.7 Å². The zero-order chi connectivity index (χ0) is 13.7. The van der Waals surface area contributed by atoms with Crippen molar-refractivity contribution in [3.63, 3.8) is 0 Å². The Morgan fingerprint density at radius 3 is 2.84 bits per heavy atom. The van der Waals surface area contributed by atoms with Crippen LogP contribution in [-0.2, 0) is 13.1 Å². The van der Waals surface area contributed by atoms with E-state index >= 15 is 0 Å². The molecule has 0 aliphatic rings. The first-order valence-corrected chi connectivity index (χ1v) is 6.13. The maximum atomic E-state index is 11.7. The normalized spacial score (nSPS) is 10.6. The minimum Gasteiger partial charge on any atom is -0.480 e. The number of hydrogen-bond acceptors (Lipinski definition) is 5. The van der Waals surface area contributed by atoms with Crippen LogP contribution in [-0.4, -0.2) is 23.4 Å². The first kappa shape index (κ1) is 13.4. The van der Waals surface area contributed by atoms with Crippen LogP contribution in [0.2, 0.25) is 0 Å². The van der Waals surface area contributed by atoms with Crippen LogP contribution in [0.25, 0.3) is 0 Å². The zero-order valence-corrected chi connectivity index (χ0v) is 11.0. The number of rotatable bonds is 6. The first-order valence-electron chi connectivity index (χ1n) is 6.13. The highest BCUT2D eigenvalue weighted by Gasteiger charge is 2.06. The molecule has 0 aliphatic carbocycles. The quantitative estimate of drug-likeness (QED) is 0.842. The molecule has 0 saturated heterocycles. The Hall–Kier alpha value is -2.08. The predicted molar refractivity (Wildman–Crippen MR) is 70.2 cm³/mol. The molecule has 0 unspecified atom stereocenters. The molecular weight excluding hydrogens is 246 g/mol. The average molecular weight is 263 g/mol. The summed E-state index contributed by atoms with van der Waals surface area (Å²) in [6.45, 7) is 3.88. The standard InChI is InChI=1S/C13H17N3O3/c1-3-14-8-10-4-5-11(19-10)9-16-13(17)7-6-12(15-16)18-2/h4-7,14H,3,8-9H2,1-2H3. The van der Waals surface area contributed by atoms with E-state index in [9.17, 15) is 4.79 Å². The van der Waals surface area contributed by atoms with Gasteiger partial charge >= 0.3 is 0 Å². The summed E-state index contributed by atoms with van der Waals surface area (Å²) in [5.41, 5.74) is -0.189. The van der Waals surface area contributed by atoms with Gasteiger partial charge in [-0.25, -0.2) is 4.68 Å². The Balaban J connectivity index is 2.12. The van der Waals surface area contributed by atoms with E-state index in [0.717, 1.165) is 12.3 Å². The fourth-order valence-electron chi connectivity index (χ4n) is 1.65. The summed E-state index contributed by atoms with van der Waals surface area (Å²) < 4.78 is 11.9. The molecule has 0 bridgehead atoms. The van der Waals surface area contributed by atoms with Gasteiger partial charge in [-0.1, -0.05) is 6.92 Å². The maximum Gasteiger partial charge on any atom is 0.267 e. The number of furan rings is 1. The lowest BCUT2D eigenvalue weighted by atomic mass is 10.4. The van der Waals surface area contributed by atoms with Gasteiger partial charge < -0.3 is 14.5 Å². The van der Waals surface area contributed by atoms with Gasteiger partial charge in [0.2, 0.25) is 5.88 Å². The molecule has 0 amide bonds. The van der Waals surface area contributed by atoms with Gasteiger partial charge in [0.1, 0.15) is 18.1 Å². The molecule has 0 radical (unpaired) electrons. The smallest absolute Gasteiger partial charge is 0.267 e. The van der Waals surface area contributed by atoms with E-state index in [2.05, 4.69) is 10.4 Å². The Kier molecular flexibility index (Phi) is 4.35. The summed E-state index contributed by atoms with van der Waals surface area (Å²) in [4.78, 5) is 11.7. The van der Waals surface area contributed by atoms with E-state index in [4.69, 9.17) is 9.15 Å². The summed E-state index contributed by atoms with van der Waals surface area (Å²) in [6, 6.07) is 6.70. The molecule has 2 aromatic rings. The summed E-state index contributed by atoms with van der Waals surface area (Å²) in [6.07, 6.45) is 0. The molecule has 0 aliphatic heterocycles. The number of nitrogens with one attached hydrogen (secondary N) is 1. The molecule has 2 aromatic heterocycles. The molecule has 0 spiro atoms. The largest absolute Gasteiger partial charge is 0.480 e. The molecule has 19 heavy (non-hydrogen) atoms. The third-order valence-electron chi connectivity index (χ3n) is 2.62. The molecule has 0 aromatic carbocycles. The lowest BCUT2D eigenvalue weighted by Gasteiger charge is -2.04. The molecule has 6 nitrogen and oxygen atoms in total. The number of methoxy groups -OCH3 is 1. The maximum absolute atomic E-state index is 11.7. The highest BCUT2D eigenvalue weighted by atomic mass is 16.5. The molecular formula is C13H17N3O3. The van der Waals surface area contributed by atoms with Gasteiger partial charge in [-0.2, -0.15) is 0 Å². The molecule has 2 rings (SSSR count). The van der Waals surface area contributed by atoms with Crippen LogP contribution in [0.5, 0.6) is 5.88 Å². The van der Waals surface area contributed by atoms with E-state index in [1.165, 1.54) is 23.9 Å². The number of nitrogens with zero attached hydrogens (tertiary/aromatic N) is 2. The minimum absolute atomic E-state index is 0.189. The molecule has 1 N–H and O–H groups in total. The van der Waals surface area contributed by atoms with Crippen LogP contribution in [0, 0.1) is 0 Å². The minimum atomic E-state index is -0.189. The highest BCUT2D eigenvalue weighted by molar-refractivity contribution is 5.09. The Bertz CT molecular complexity index is 589. The molecule has 6 heteroatoms. The van der Waals surface area contributed by atoms with Crippen molar-refractivity contribution >= 4 is 0 Å². The molecule has 102 valence electrons. The van der Waals surface area contributed by atoms with Gasteiger partial charge in [0, 0.05) is 12.1 Å².